The fourth-order valence-electron chi connectivity index (χ4n) is 11.3. The molecule has 0 radical (unpaired) electrons. The van der Waals surface area contributed by atoms with Gasteiger partial charge in [-0.05, 0) is 179 Å². The van der Waals surface area contributed by atoms with Gasteiger partial charge in [-0.2, -0.15) is 0 Å². The molecule has 0 atom stereocenters. The SMILES string of the molecule is Cc1cccc(N(c2ccc(-c3ccccc3)cc2)c2ccc(C3(c4ccc(N(c5ccc(-c6ccccc6)cc5)c5cccc(C)c5C)cc4)c4ccccc4N(c4ccccc4)c4ccccc43)cc2)c1C. The van der Waals surface area contributed by atoms with E-state index in [-0.39, 0.29) is 0 Å². The summed E-state index contributed by atoms with van der Waals surface area (Å²) < 4.78 is 0. The molecule has 1 aliphatic rings. The standard InChI is InChI=1S/C71H57N3/c1-50-20-18-32-67(52(50)3)72(61-42-34-56(35-43-61)54-22-8-5-9-23-54)63-46-38-58(39-47-63)71(65-28-14-16-30-69(65)74(60-26-12-7-13-27-60)70-31-17-15-29-66(70)71)59-40-48-64(49-41-59)73(68-33-19-21-51(2)53(68)4)62-44-36-57(37-45-62)55-24-10-6-11-25-55/h5-49H,1-4H3. The second kappa shape index (κ2) is 19.4. The van der Waals surface area contributed by atoms with Crippen LogP contribution in [-0.2, 0) is 5.41 Å². The van der Waals surface area contributed by atoms with Crippen LogP contribution in [0, 0.1) is 27.7 Å². The summed E-state index contributed by atoms with van der Waals surface area (Å²) in [5, 5.41) is 0. The van der Waals surface area contributed by atoms with Crippen LogP contribution in [0.5, 0.6) is 0 Å². The molecule has 0 saturated heterocycles. The molecule has 3 nitrogen and oxygen atoms in total. The molecule has 1 heterocycles. The smallest absolute Gasteiger partial charge is 0.0742 e. The summed E-state index contributed by atoms with van der Waals surface area (Å²) in [4.78, 5) is 7.27. The molecule has 0 aromatic heterocycles. The van der Waals surface area contributed by atoms with Crippen LogP contribution in [0.15, 0.2) is 273 Å². The molecule has 1 aliphatic heterocycles. The maximum atomic E-state index is 2.44. The number of nitrogens with zero attached hydrogens (tertiary/aromatic N) is 3. The van der Waals surface area contributed by atoms with Crippen molar-refractivity contribution in [2.24, 2.45) is 0 Å². The molecule has 74 heavy (non-hydrogen) atoms. The third-order valence-electron chi connectivity index (χ3n) is 15.3. The van der Waals surface area contributed by atoms with Crippen molar-refractivity contribution in [3.8, 4) is 22.3 Å². The maximum absolute atomic E-state index is 2.44. The lowest BCUT2D eigenvalue weighted by molar-refractivity contribution is 0.731. The van der Waals surface area contributed by atoms with Crippen LogP contribution in [0.1, 0.15) is 44.5 Å². The number of anilines is 9. The van der Waals surface area contributed by atoms with Crippen molar-refractivity contribution in [2.75, 3.05) is 14.7 Å². The highest BCUT2D eigenvalue weighted by Gasteiger charge is 2.46. The van der Waals surface area contributed by atoms with Gasteiger partial charge < -0.3 is 14.7 Å². The van der Waals surface area contributed by atoms with Crippen LogP contribution in [0.25, 0.3) is 22.3 Å². The molecule has 0 spiro atoms. The molecule has 0 amide bonds. The van der Waals surface area contributed by atoms with E-state index in [1.165, 1.54) is 66.8 Å². The summed E-state index contributed by atoms with van der Waals surface area (Å²) >= 11 is 0. The lowest BCUT2D eigenvalue weighted by Crippen LogP contribution is -2.37. The van der Waals surface area contributed by atoms with E-state index in [1.54, 1.807) is 0 Å². The van der Waals surface area contributed by atoms with E-state index >= 15 is 0 Å². The fraction of sp³-hybridized carbons (Fsp3) is 0.0704. The van der Waals surface area contributed by atoms with Crippen LogP contribution in [0.3, 0.4) is 0 Å². The van der Waals surface area contributed by atoms with Gasteiger partial charge in [0, 0.05) is 39.8 Å². The third-order valence-corrected chi connectivity index (χ3v) is 15.3. The second-order valence-corrected chi connectivity index (χ2v) is 19.5. The van der Waals surface area contributed by atoms with Gasteiger partial charge in [-0.1, -0.05) is 188 Å². The van der Waals surface area contributed by atoms with Gasteiger partial charge in [0.05, 0.1) is 16.8 Å². The summed E-state index contributed by atoms with van der Waals surface area (Å²) in [5.41, 5.74) is 24.0. The van der Waals surface area contributed by atoms with Crippen molar-refractivity contribution in [2.45, 2.75) is 33.1 Å². The van der Waals surface area contributed by atoms with Crippen molar-refractivity contribution in [1.82, 2.24) is 0 Å². The molecule has 12 rings (SSSR count). The van der Waals surface area contributed by atoms with E-state index in [0.29, 0.717) is 0 Å². The molecular weight excluding hydrogens is 895 g/mol. The van der Waals surface area contributed by atoms with Crippen LogP contribution < -0.4 is 14.7 Å². The third kappa shape index (κ3) is 8.04. The highest BCUT2D eigenvalue weighted by atomic mass is 15.2. The Balaban J connectivity index is 1.04. The molecular formula is C71H57N3. The first-order valence-corrected chi connectivity index (χ1v) is 25.7. The first kappa shape index (κ1) is 45.9. The quantitative estimate of drug-likeness (QED) is 0.128. The van der Waals surface area contributed by atoms with Gasteiger partial charge in [-0.25, -0.2) is 0 Å². The average molecular weight is 952 g/mol. The molecule has 3 heteroatoms. The van der Waals surface area contributed by atoms with Crippen LogP contribution in [-0.4, -0.2) is 0 Å². The zero-order chi connectivity index (χ0) is 50.2. The zero-order valence-electron chi connectivity index (χ0n) is 42.3. The van der Waals surface area contributed by atoms with E-state index in [1.807, 2.05) is 0 Å². The normalized spacial score (nSPS) is 12.4. The molecule has 11 aromatic rings. The number of aryl methyl sites for hydroxylation is 2. The monoisotopic (exact) mass is 951 g/mol. The predicted octanol–water partition coefficient (Wildman–Crippen LogP) is 19.4. The van der Waals surface area contributed by atoms with Gasteiger partial charge in [0.2, 0.25) is 0 Å². The minimum Gasteiger partial charge on any atom is -0.310 e. The van der Waals surface area contributed by atoms with Gasteiger partial charge in [-0.3, -0.25) is 0 Å². The fourth-order valence-corrected chi connectivity index (χ4v) is 11.3. The van der Waals surface area contributed by atoms with Crippen LogP contribution in [0.4, 0.5) is 51.2 Å². The molecule has 0 saturated carbocycles. The van der Waals surface area contributed by atoms with E-state index in [2.05, 4.69) is 315 Å². The van der Waals surface area contributed by atoms with E-state index < -0.39 is 5.41 Å². The minimum atomic E-state index is -0.710. The van der Waals surface area contributed by atoms with Gasteiger partial charge in [0.1, 0.15) is 0 Å². The Kier molecular flexibility index (Phi) is 12.1. The Labute approximate surface area is 436 Å². The number of hydrogen-bond acceptors (Lipinski definition) is 3. The number of fused-ring (bicyclic) bond motifs is 2. The van der Waals surface area contributed by atoms with Crippen molar-refractivity contribution in [3.63, 3.8) is 0 Å². The largest absolute Gasteiger partial charge is 0.310 e. The molecule has 0 unspecified atom stereocenters. The van der Waals surface area contributed by atoms with E-state index in [0.717, 1.165) is 51.2 Å². The first-order valence-electron chi connectivity index (χ1n) is 25.7. The molecule has 356 valence electrons. The van der Waals surface area contributed by atoms with Crippen molar-refractivity contribution >= 4 is 51.2 Å². The van der Waals surface area contributed by atoms with Crippen LogP contribution >= 0.6 is 0 Å². The Morgan fingerprint density at radius 2 is 0.608 bits per heavy atom. The Morgan fingerprint density at radius 3 is 1.00 bits per heavy atom. The lowest BCUT2D eigenvalue weighted by atomic mass is 9.62. The second-order valence-electron chi connectivity index (χ2n) is 19.5. The van der Waals surface area contributed by atoms with E-state index in [9.17, 15) is 0 Å². The summed E-state index contributed by atoms with van der Waals surface area (Å²) in [7, 11) is 0. The van der Waals surface area contributed by atoms with Gasteiger partial charge in [-0.15, -0.1) is 0 Å². The van der Waals surface area contributed by atoms with Crippen molar-refractivity contribution in [1.29, 1.82) is 0 Å². The Bertz CT molecular complexity index is 3500. The molecule has 0 fully saturated rings. The number of rotatable bonds is 11. The number of benzene rings is 11. The average Bonchev–Trinajstić information content (AvgIpc) is 3.48. The molecule has 0 bridgehead atoms. The molecule has 11 aromatic carbocycles. The summed E-state index contributed by atoms with van der Waals surface area (Å²) in [6, 6.07) is 100. The highest BCUT2D eigenvalue weighted by Crippen LogP contribution is 2.58. The topological polar surface area (TPSA) is 9.72 Å². The van der Waals surface area contributed by atoms with Crippen molar-refractivity contribution < 1.29 is 0 Å². The minimum absolute atomic E-state index is 0.710. The predicted molar refractivity (Wildman–Crippen MR) is 312 cm³/mol. The van der Waals surface area contributed by atoms with Gasteiger partial charge >= 0.3 is 0 Å². The zero-order valence-corrected chi connectivity index (χ0v) is 42.3. The summed E-state index contributed by atoms with van der Waals surface area (Å²) in [5.74, 6) is 0. The highest BCUT2D eigenvalue weighted by molar-refractivity contribution is 5.90. The first-order chi connectivity index (χ1) is 36.4. The van der Waals surface area contributed by atoms with E-state index in [4.69, 9.17) is 0 Å². The maximum Gasteiger partial charge on any atom is 0.0742 e. The number of para-hydroxylation sites is 3. The number of hydrogen-bond donors (Lipinski definition) is 0. The molecule has 0 aliphatic carbocycles. The van der Waals surface area contributed by atoms with Gasteiger partial charge in [0.15, 0.2) is 0 Å². The summed E-state index contributed by atoms with van der Waals surface area (Å²) in [6.45, 7) is 8.87. The van der Waals surface area contributed by atoms with Crippen LogP contribution in [0.2, 0.25) is 0 Å². The van der Waals surface area contributed by atoms with Crippen molar-refractivity contribution in [3.05, 3.63) is 317 Å². The summed E-state index contributed by atoms with van der Waals surface area (Å²) in [6.07, 6.45) is 0. The molecule has 0 N–H and O–H groups in total. The van der Waals surface area contributed by atoms with Gasteiger partial charge in [0.25, 0.3) is 0 Å². The Hall–Kier alpha value is -9.18. The Morgan fingerprint density at radius 1 is 0.284 bits per heavy atom. The lowest BCUT2D eigenvalue weighted by Gasteiger charge is -2.46.